The molecule has 3 N–H and O–H groups in total. The highest BCUT2D eigenvalue weighted by Crippen LogP contribution is 2.32. The van der Waals surface area contributed by atoms with Gasteiger partial charge in [-0.3, -0.25) is 10.1 Å². The van der Waals surface area contributed by atoms with E-state index in [1.807, 2.05) is 78.9 Å². The molecule has 28 heavy (non-hydrogen) atoms. The highest BCUT2D eigenvalue weighted by atomic mass is 16.3. The van der Waals surface area contributed by atoms with Gasteiger partial charge in [0.05, 0.1) is 12.1 Å². The summed E-state index contributed by atoms with van der Waals surface area (Å²) in [7, 11) is 0. The van der Waals surface area contributed by atoms with Gasteiger partial charge in [0.15, 0.2) is 0 Å². The Labute approximate surface area is 165 Å². The number of rotatable bonds is 5. The quantitative estimate of drug-likeness (QED) is 0.638. The Hall–Kier alpha value is -2.95. The molecule has 3 aromatic carbocycles. The van der Waals surface area contributed by atoms with Gasteiger partial charge in [-0.2, -0.15) is 0 Å². The molecule has 1 heterocycles. The van der Waals surface area contributed by atoms with Crippen LogP contribution in [-0.2, 0) is 11.2 Å². The molecule has 142 valence electrons. The van der Waals surface area contributed by atoms with E-state index >= 15 is 0 Å². The fraction of sp³-hybridized carbons (Fsp3) is 0.208. The van der Waals surface area contributed by atoms with E-state index in [9.17, 15) is 9.90 Å². The van der Waals surface area contributed by atoms with Gasteiger partial charge in [0, 0.05) is 6.42 Å². The number of aliphatic hydroxyl groups is 1. The number of benzene rings is 3. The van der Waals surface area contributed by atoms with Crippen LogP contribution in [0.3, 0.4) is 0 Å². The van der Waals surface area contributed by atoms with Crippen molar-refractivity contribution in [2.24, 2.45) is 0 Å². The van der Waals surface area contributed by atoms with E-state index in [0.29, 0.717) is 6.42 Å². The smallest absolute Gasteiger partial charge is 0.221 e. The van der Waals surface area contributed by atoms with Gasteiger partial charge in [0.2, 0.25) is 5.91 Å². The number of aryl methyl sites for hydroxylation is 1. The second-order valence-electron chi connectivity index (χ2n) is 7.11. The molecule has 0 radical (unpaired) electrons. The monoisotopic (exact) mass is 372 g/mol. The molecule has 1 aliphatic heterocycles. The third-order valence-electron chi connectivity index (χ3n) is 5.25. The molecule has 0 saturated heterocycles. The Morgan fingerprint density at radius 1 is 0.821 bits per heavy atom. The molecule has 1 aliphatic rings. The average molecular weight is 372 g/mol. The predicted molar refractivity (Wildman–Crippen MR) is 109 cm³/mol. The van der Waals surface area contributed by atoms with Crippen molar-refractivity contribution in [1.29, 1.82) is 0 Å². The standard InChI is InChI=1S/C24H24N2O2/c27-21-16-15-17-9-7-8-14-20(17)24(25-21)26-22(18-10-3-1-4-11-18)23(28)19-12-5-2-6-13-19/h1-14,22-24,26,28H,15-16H2,(H,25,27). The molecule has 1 amide bonds. The zero-order chi connectivity index (χ0) is 19.3. The summed E-state index contributed by atoms with van der Waals surface area (Å²) in [6.45, 7) is 0. The van der Waals surface area contributed by atoms with Crippen LogP contribution in [-0.4, -0.2) is 11.0 Å². The molecule has 4 heteroatoms. The van der Waals surface area contributed by atoms with Crippen molar-refractivity contribution >= 4 is 5.91 Å². The van der Waals surface area contributed by atoms with Crippen molar-refractivity contribution in [2.45, 2.75) is 31.2 Å². The number of hydrogen-bond donors (Lipinski definition) is 3. The highest BCUT2D eigenvalue weighted by Gasteiger charge is 2.29. The normalized spacial score (nSPS) is 18.5. The highest BCUT2D eigenvalue weighted by molar-refractivity contribution is 5.77. The molecule has 4 nitrogen and oxygen atoms in total. The first-order chi connectivity index (χ1) is 13.7. The maximum absolute atomic E-state index is 12.3. The number of carbonyl (C=O) groups excluding carboxylic acids is 1. The van der Waals surface area contributed by atoms with Crippen LogP contribution in [0.2, 0.25) is 0 Å². The molecule has 3 aromatic rings. The van der Waals surface area contributed by atoms with Gasteiger partial charge in [0.25, 0.3) is 0 Å². The summed E-state index contributed by atoms with van der Waals surface area (Å²) in [6, 6.07) is 27.2. The SMILES string of the molecule is O=C1CCc2ccccc2C(NC(c2ccccc2)C(O)c2ccccc2)N1. The van der Waals surface area contributed by atoms with Crippen molar-refractivity contribution in [3.8, 4) is 0 Å². The van der Waals surface area contributed by atoms with Crippen LogP contribution in [0.5, 0.6) is 0 Å². The first-order valence-electron chi connectivity index (χ1n) is 9.63. The van der Waals surface area contributed by atoms with E-state index in [2.05, 4.69) is 16.7 Å². The zero-order valence-corrected chi connectivity index (χ0v) is 15.6. The lowest BCUT2D eigenvalue weighted by atomic mass is 9.94. The van der Waals surface area contributed by atoms with E-state index in [0.717, 1.165) is 28.7 Å². The summed E-state index contributed by atoms with van der Waals surface area (Å²) in [6.07, 6.45) is 0.0647. The number of nitrogens with one attached hydrogen (secondary N) is 2. The molecule has 4 rings (SSSR count). The summed E-state index contributed by atoms with van der Waals surface area (Å²) in [4.78, 5) is 12.3. The van der Waals surface area contributed by atoms with Crippen LogP contribution in [0.15, 0.2) is 84.9 Å². The predicted octanol–water partition coefficient (Wildman–Crippen LogP) is 3.81. The second kappa shape index (κ2) is 8.38. The molecule has 0 spiro atoms. The molecule has 3 atom stereocenters. The Kier molecular flexibility index (Phi) is 5.51. The zero-order valence-electron chi connectivity index (χ0n) is 15.6. The van der Waals surface area contributed by atoms with Crippen LogP contribution >= 0.6 is 0 Å². The van der Waals surface area contributed by atoms with E-state index in [-0.39, 0.29) is 18.1 Å². The van der Waals surface area contributed by atoms with Crippen LogP contribution in [0.25, 0.3) is 0 Å². The van der Waals surface area contributed by atoms with Gasteiger partial charge in [-0.1, -0.05) is 84.9 Å². The summed E-state index contributed by atoms with van der Waals surface area (Å²) in [5, 5.41) is 17.8. The fourth-order valence-corrected chi connectivity index (χ4v) is 3.79. The number of carbonyl (C=O) groups is 1. The topological polar surface area (TPSA) is 61.4 Å². The number of aliphatic hydroxyl groups excluding tert-OH is 1. The summed E-state index contributed by atoms with van der Waals surface area (Å²) < 4.78 is 0. The summed E-state index contributed by atoms with van der Waals surface area (Å²) in [5.41, 5.74) is 4.00. The van der Waals surface area contributed by atoms with Gasteiger partial charge in [-0.05, 0) is 28.7 Å². The fourth-order valence-electron chi connectivity index (χ4n) is 3.79. The minimum absolute atomic E-state index is 0.00899. The van der Waals surface area contributed by atoms with Gasteiger partial charge >= 0.3 is 0 Å². The Balaban J connectivity index is 1.70. The first-order valence-corrected chi connectivity index (χ1v) is 9.63. The van der Waals surface area contributed by atoms with Crippen molar-refractivity contribution < 1.29 is 9.90 Å². The van der Waals surface area contributed by atoms with E-state index in [1.54, 1.807) is 0 Å². The van der Waals surface area contributed by atoms with Crippen LogP contribution in [0.1, 0.15) is 47.0 Å². The molecular formula is C24H24N2O2. The van der Waals surface area contributed by atoms with Crippen molar-refractivity contribution in [3.63, 3.8) is 0 Å². The third-order valence-corrected chi connectivity index (χ3v) is 5.25. The average Bonchev–Trinajstić information content (AvgIpc) is 2.91. The maximum Gasteiger partial charge on any atom is 0.221 e. The number of fused-ring (bicyclic) bond motifs is 1. The second-order valence-corrected chi connectivity index (χ2v) is 7.11. The largest absolute Gasteiger partial charge is 0.386 e. The van der Waals surface area contributed by atoms with Crippen LogP contribution in [0.4, 0.5) is 0 Å². The van der Waals surface area contributed by atoms with Gasteiger partial charge in [-0.15, -0.1) is 0 Å². The maximum atomic E-state index is 12.3. The van der Waals surface area contributed by atoms with Crippen molar-refractivity contribution in [2.75, 3.05) is 0 Å². The molecular weight excluding hydrogens is 348 g/mol. The summed E-state index contributed by atoms with van der Waals surface area (Å²) in [5.74, 6) is 0.00899. The molecule has 0 aromatic heterocycles. The first kappa shape index (κ1) is 18.4. The van der Waals surface area contributed by atoms with Gasteiger partial charge < -0.3 is 10.4 Å². The third kappa shape index (κ3) is 3.98. The molecule has 0 bridgehead atoms. The Bertz CT molecular complexity index is 928. The lowest BCUT2D eigenvalue weighted by Crippen LogP contribution is -2.40. The van der Waals surface area contributed by atoms with E-state index in [4.69, 9.17) is 0 Å². The van der Waals surface area contributed by atoms with Crippen LogP contribution < -0.4 is 10.6 Å². The molecule has 3 unspecified atom stereocenters. The minimum Gasteiger partial charge on any atom is -0.386 e. The number of amides is 1. The van der Waals surface area contributed by atoms with Crippen molar-refractivity contribution in [1.82, 2.24) is 10.6 Å². The van der Waals surface area contributed by atoms with Crippen LogP contribution in [0, 0.1) is 0 Å². The van der Waals surface area contributed by atoms with E-state index in [1.165, 1.54) is 0 Å². The van der Waals surface area contributed by atoms with E-state index < -0.39 is 6.10 Å². The van der Waals surface area contributed by atoms with Crippen molar-refractivity contribution in [3.05, 3.63) is 107 Å². The lowest BCUT2D eigenvalue weighted by molar-refractivity contribution is -0.122. The van der Waals surface area contributed by atoms with Gasteiger partial charge in [0.1, 0.15) is 6.17 Å². The number of hydrogen-bond acceptors (Lipinski definition) is 3. The molecule has 0 fully saturated rings. The van der Waals surface area contributed by atoms with Gasteiger partial charge in [-0.25, -0.2) is 0 Å². The molecule has 0 aliphatic carbocycles. The Morgan fingerprint density at radius 3 is 2.14 bits per heavy atom. The molecule has 0 saturated carbocycles. The lowest BCUT2D eigenvalue weighted by Gasteiger charge is -2.30. The Morgan fingerprint density at radius 2 is 1.43 bits per heavy atom. The minimum atomic E-state index is -0.754. The summed E-state index contributed by atoms with van der Waals surface area (Å²) >= 11 is 0.